The second kappa shape index (κ2) is 6.83. The van der Waals surface area contributed by atoms with Gasteiger partial charge >= 0.3 is 0 Å². The van der Waals surface area contributed by atoms with Crippen LogP contribution in [-0.4, -0.2) is 15.5 Å². The third kappa shape index (κ3) is 3.30. The number of carbonyl (C=O) groups is 1. The largest absolute Gasteiger partial charge is 0.349 e. The highest BCUT2D eigenvalue weighted by molar-refractivity contribution is 5.87. The van der Waals surface area contributed by atoms with Gasteiger partial charge in [-0.2, -0.15) is 0 Å². The number of amides is 1. The van der Waals surface area contributed by atoms with Gasteiger partial charge in [-0.25, -0.2) is 9.37 Å². The fraction of sp³-hybridized carbons (Fsp3) is 0.263. The molecular weight excluding hydrogens is 305 g/mol. The number of hydrogen-bond acceptors (Lipinski definition) is 2. The van der Waals surface area contributed by atoms with Crippen LogP contribution in [0.25, 0.3) is 11.0 Å². The number of aromatic nitrogens is 2. The maximum absolute atomic E-state index is 13.0. The number of hydrogen-bond donors (Lipinski definition) is 1. The number of nitrogens with one attached hydrogen (secondary N) is 1. The maximum Gasteiger partial charge on any atom is 0.224 e. The fourth-order valence-corrected chi connectivity index (χ4v) is 2.88. The molecule has 5 heteroatoms. The van der Waals surface area contributed by atoms with Crippen molar-refractivity contribution in [3.05, 3.63) is 65.7 Å². The van der Waals surface area contributed by atoms with E-state index in [1.165, 1.54) is 12.1 Å². The lowest BCUT2D eigenvalue weighted by molar-refractivity contribution is -0.121. The number of fused-ring (bicyclic) bond motifs is 1. The van der Waals surface area contributed by atoms with Crippen molar-refractivity contribution in [1.29, 1.82) is 0 Å². The van der Waals surface area contributed by atoms with E-state index in [0.29, 0.717) is 6.42 Å². The number of halogens is 1. The van der Waals surface area contributed by atoms with Crippen LogP contribution in [0.4, 0.5) is 4.39 Å². The van der Waals surface area contributed by atoms with E-state index < -0.39 is 0 Å². The van der Waals surface area contributed by atoms with Crippen molar-refractivity contribution >= 4 is 16.9 Å². The molecule has 24 heavy (non-hydrogen) atoms. The zero-order valence-corrected chi connectivity index (χ0v) is 13.8. The molecule has 0 unspecified atom stereocenters. The van der Waals surface area contributed by atoms with Gasteiger partial charge in [-0.1, -0.05) is 12.1 Å². The Kier molecular flexibility index (Phi) is 4.60. The number of aryl methyl sites for hydroxylation is 1. The van der Waals surface area contributed by atoms with Crippen molar-refractivity contribution in [3.63, 3.8) is 0 Å². The van der Waals surface area contributed by atoms with Gasteiger partial charge < -0.3 is 9.88 Å². The van der Waals surface area contributed by atoms with Crippen molar-refractivity contribution in [2.24, 2.45) is 0 Å². The molecule has 1 amide bonds. The van der Waals surface area contributed by atoms with Crippen LogP contribution < -0.4 is 5.32 Å². The minimum atomic E-state index is -0.280. The highest BCUT2D eigenvalue weighted by atomic mass is 19.1. The molecule has 0 bridgehead atoms. The topological polar surface area (TPSA) is 46.9 Å². The summed E-state index contributed by atoms with van der Waals surface area (Å²) in [6.45, 7) is 4.75. The zero-order chi connectivity index (χ0) is 17.1. The van der Waals surface area contributed by atoms with E-state index in [0.717, 1.165) is 28.7 Å². The van der Waals surface area contributed by atoms with E-state index in [2.05, 4.69) is 17.2 Å². The Balaban J connectivity index is 1.74. The summed E-state index contributed by atoms with van der Waals surface area (Å²) in [5, 5.41) is 3.97. The van der Waals surface area contributed by atoms with Gasteiger partial charge in [-0.3, -0.25) is 4.79 Å². The molecule has 0 aliphatic rings. The summed E-state index contributed by atoms with van der Waals surface area (Å²) < 4.78 is 15.0. The van der Waals surface area contributed by atoms with E-state index in [4.69, 9.17) is 0 Å². The van der Waals surface area contributed by atoms with Gasteiger partial charge in [0.15, 0.2) is 0 Å². The first-order valence-corrected chi connectivity index (χ1v) is 8.06. The van der Waals surface area contributed by atoms with Gasteiger partial charge in [0.25, 0.3) is 0 Å². The van der Waals surface area contributed by atoms with Crippen molar-refractivity contribution < 1.29 is 9.18 Å². The summed E-state index contributed by atoms with van der Waals surface area (Å²) in [7, 11) is 0. The van der Waals surface area contributed by atoms with Crippen molar-refractivity contribution in [3.8, 4) is 0 Å². The van der Waals surface area contributed by atoms with Crippen LogP contribution in [-0.2, 0) is 17.8 Å². The second-order valence-electron chi connectivity index (χ2n) is 5.83. The molecule has 0 fully saturated rings. The van der Waals surface area contributed by atoms with E-state index >= 15 is 0 Å². The Morgan fingerprint density at radius 3 is 2.75 bits per heavy atom. The van der Waals surface area contributed by atoms with Crippen LogP contribution in [0.15, 0.2) is 48.8 Å². The third-order valence-corrected chi connectivity index (χ3v) is 4.16. The molecule has 124 valence electrons. The highest BCUT2D eigenvalue weighted by Gasteiger charge is 2.14. The van der Waals surface area contributed by atoms with Crippen LogP contribution in [0.2, 0.25) is 0 Å². The summed E-state index contributed by atoms with van der Waals surface area (Å²) in [5.41, 5.74) is 2.74. The predicted octanol–water partition coefficient (Wildman–Crippen LogP) is 3.62. The molecule has 1 N–H and O–H groups in total. The Labute approximate surface area is 140 Å². The SMILES string of the molecule is CCn1cc(CC(=O)N[C@@H](C)c2ccc(F)cc2)c2cccnc21. The molecule has 1 aromatic carbocycles. The van der Waals surface area contributed by atoms with Gasteiger partial charge in [0.05, 0.1) is 12.5 Å². The Morgan fingerprint density at radius 2 is 2.04 bits per heavy atom. The third-order valence-electron chi connectivity index (χ3n) is 4.16. The molecular formula is C19H20FN3O. The summed E-state index contributed by atoms with van der Waals surface area (Å²) >= 11 is 0. The van der Waals surface area contributed by atoms with Crippen LogP contribution in [0.5, 0.6) is 0 Å². The Morgan fingerprint density at radius 1 is 1.29 bits per heavy atom. The molecule has 3 aromatic rings. The Bertz CT molecular complexity index is 855. The normalized spacial score (nSPS) is 12.3. The maximum atomic E-state index is 13.0. The van der Waals surface area contributed by atoms with Crippen molar-refractivity contribution in [2.45, 2.75) is 32.9 Å². The molecule has 0 aliphatic heterocycles. The Hall–Kier alpha value is -2.69. The predicted molar refractivity (Wildman–Crippen MR) is 92.1 cm³/mol. The molecule has 0 radical (unpaired) electrons. The van der Waals surface area contributed by atoms with E-state index in [9.17, 15) is 9.18 Å². The molecule has 2 heterocycles. The smallest absolute Gasteiger partial charge is 0.224 e. The van der Waals surface area contributed by atoms with Crippen LogP contribution in [0.1, 0.15) is 31.0 Å². The summed E-state index contributed by atoms with van der Waals surface area (Å²) in [5.74, 6) is -0.344. The summed E-state index contributed by atoms with van der Waals surface area (Å²) in [4.78, 5) is 16.8. The minimum Gasteiger partial charge on any atom is -0.349 e. The number of rotatable bonds is 5. The quantitative estimate of drug-likeness (QED) is 0.779. The number of carbonyl (C=O) groups excluding carboxylic acids is 1. The van der Waals surface area contributed by atoms with Gasteiger partial charge in [0.2, 0.25) is 5.91 Å². The molecule has 0 saturated heterocycles. The number of pyridine rings is 1. The lowest BCUT2D eigenvalue weighted by Crippen LogP contribution is -2.28. The van der Waals surface area contributed by atoms with Crippen LogP contribution in [0.3, 0.4) is 0 Å². The average Bonchev–Trinajstić information content (AvgIpc) is 2.93. The van der Waals surface area contributed by atoms with E-state index in [1.807, 2.05) is 29.8 Å². The minimum absolute atomic E-state index is 0.0640. The summed E-state index contributed by atoms with van der Waals surface area (Å²) in [6.07, 6.45) is 4.04. The average molecular weight is 325 g/mol. The number of nitrogens with zero attached hydrogens (tertiary/aromatic N) is 2. The highest BCUT2D eigenvalue weighted by Crippen LogP contribution is 2.20. The monoisotopic (exact) mass is 325 g/mol. The molecule has 4 nitrogen and oxygen atoms in total. The van der Waals surface area contributed by atoms with Crippen LogP contribution >= 0.6 is 0 Å². The molecule has 2 aromatic heterocycles. The molecule has 1 atom stereocenters. The summed E-state index contributed by atoms with van der Waals surface area (Å²) in [6, 6.07) is 9.87. The van der Waals surface area contributed by atoms with Crippen LogP contribution in [0, 0.1) is 5.82 Å². The molecule has 0 aliphatic carbocycles. The molecule has 0 saturated carbocycles. The van der Waals surface area contributed by atoms with E-state index in [1.54, 1.807) is 18.3 Å². The second-order valence-corrected chi connectivity index (χ2v) is 5.83. The van der Waals surface area contributed by atoms with Gasteiger partial charge in [-0.15, -0.1) is 0 Å². The first kappa shape index (κ1) is 16.2. The van der Waals surface area contributed by atoms with Crippen molar-refractivity contribution in [1.82, 2.24) is 14.9 Å². The lowest BCUT2D eigenvalue weighted by atomic mass is 10.1. The number of benzene rings is 1. The van der Waals surface area contributed by atoms with Gasteiger partial charge in [0, 0.05) is 24.3 Å². The van der Waals surface area contributed by atoms with Crippen molar-refractivity contribution in [2.75, 3.05) is 0 Å². The molecule has 0 spiro atoms. The molecule has 3 rings (SSSR count). The standard InChI is InChI=1S/C19H20FN3O/c1-3-23-12-15(17-5-4-10-21-19(17)23)11-18(24)22-13(2)14-6-8-16(20)9-7-14/h4-10,12-13H,3,11H2,1-2H3,(H,22,24)/t13-/m0/s1. The first-order valence-electron chi connectivity index (χ1n) is 8.06. The lowest BCUT2D eigenvalue weighted by Gasteiger charge is -2.14. The van der Waals surface area contributed by atoms with Gasteiger partial charge in [0.1, 0.15) is 11.5 Å². The van der Waals surface area contributed by atoms with E-state index in [-0.39, 0.29) is 17.8 Å². The fourth-order valence-electron chi connectivity index (χ4n) is 2.88. The van der Waals surface area contributed by atoms with Gasteiger partial charge in [-0.05, 0) is 49.2 Å². The first-order chi connectivity index (χ1) is 11.6. The zero-order valence-electron chi connectivity index (χ0n) is 13.8.